The molecule has 0 spiro atoms. The van der Waals surface area contributed by atoms with Crippen molar-refractivity contribution in [2.75, 3.05) is 5.73 Å². The number of benzene rings is 2. The SMILES string of the molecule is Nc1ccc2oc(=O)n(Cc3ccc(F)cc3F)c2c1. The van der Waals surface area contributed by atoms with Crippen LogP contribution in [0.25, 0.3) is 11.1 Å². The van der Waals surface area contributed by atoms with E-state index in [0.29, 0.717) is 16.8 Å². The molecule has 1 heterocycles. The van der Waals surface area contributed by atoms with Gasteiger partial charge in [-0.2, -0.15) is 0 Å². The Bertz CT molecular complexity index is 852. The van der Waals surface area contributed by atoms with E-state index in [1.165, 1.54) is 10.6 Å². The van der Waals surface area contributed by atoms with E-state index in [9.17, 15) is 13.6 Å². The summed E-state index contributed by atoms with van der Waals surface area (Å²) in [6.45, 7) is -0.0542. The fourth-order valence-electron chi connectivity index (χ4n) is 2.05. The molecule has 0 bridgehead atoms. The van der Waals surface area contributed by atoms with Gasteiger partial charge in [-0.05, 0) is 24.3 Å². The van der Waals surface area contributed by atoms with E-state index in [-0.39, 0.29) is 12.1 Å². The second-order valence-corrected chi connectivity index (χ2v) is 4.42. The van der Waals surface area contributed by atoms with Crippen molar-refractivity contribution >= 4 is 16.8 Å². The minimum atomic E-state index is -0.713. The third-order valence-corrected chi connectivity index (χ3v) is 3.04. The van der Waals surface area contributed by atoms with Crippen LogP contribution in [0.4, 0.5) is 14.5 Å². The van der Waals surface area contributed by atoms with E-state index in [1.807, 2.05) is 0 Å². The zero-order chi connectivity index (χ0) is 14.3. The summed E-state index contributed by atoms with van der Waals surface area (Å²) in [5.41, 5.74) is 7.16. The van der Waals surface area contributed by atoms with Crippen LogP contribution in [-0.4, -0.2) is 4.57 Å². The molecule has 2 aromatic carbocycles. The van der Waals surface area contributed by atoms with Crippen LogP contribution in [0.3, 0.4) is 0 Å². The van der Waals surface area contributed by atoms with E-state index < -0.39 is 17.4 Å². The molecule has 102 valence electrons. The summed E-state index contributed by atoms with van der Waals surface area (Å²) in [6, 6.07) is 7.96. The fourth-order valence-corrected chi connectivity index (χ4v) is 2.05. The highest BCUT2D eigenvalue weighted by atomic mass is 19.1. The number of oxazole rings is 1. The second-order valence-electron chi connectivity index (χ2n) is 4.42. The van der Waals surface area contributed by atoms with Gasteiger partial charge in [0.1, 0.15) is 11.6 Å². The standard InChI is InChI=1S/C14H10F2N2O2/c15-9-2-1-8(11(16)5-9)7-18-12-6-10(17)3-4-13(12)20-14(18)19/h1-6H,7,17H2. The molecule has 20 heavy (non-hydrogen) atoms. The maximum atomic E-state index is 13.6. The minimum absolute atomic E-state index is 0.0542. The molecule has 0 atom stereocenters. The first kappa shape index (κ1) is 12.4. The predicted octanol–water partition coefficient (Wildman–Crippen LogP) is 2.50. The Kier molecular flexibility index (Phi) is 2.78. The summed E-state index contributed by atoms with van der Waals surface area (Å²) in [5.74, 6) is -2.00. The number of hydrogen-bond acceptors (Lipinski definition) is 3. The Morgan fingerprint density at radius 2 is 1.95 bits per heavy atom. The van der Waals surface area contributed by atoms with Crippen molar-refractivity contribution in [1.29, 1.82) is 0 Å². The summed E-state index contributed by atoms with van der Waals surface area (Å²) < 4.78 is 32.8. The zero-order valence-electron chi connectivity index (χ0n) is 10.3. The van der Waals surface area contributed by atoms with Crippen molar-refractivity contribution in [1.82, 2.24) is 4.57 Å². The van der Waals surface area contributed by atoms with Gasteiger partial charge in [-0.1, -0.05) is 6.07 Å². The molecule has 4 nitrogen and oxygen atoms in total. The van der Waals surface area contributed by atoms with Gasteiger partial charge < -0.3 is 10.2 Å². The summed E-state index contributed by atoms with van der Waals surface area (Å²) in [7, 11) is 0. The van der Waals surface area contributed by atoms with Crippen LogP contribution < -0.4 is 11.5 Å². The van der Waals surface area contributed by atoms with Crippen LogP contribution >= 0.6 is 0 Å². The molecule has 0 saturated heterocycles. The lowest BCUT2D eigenvalue weighted by molar-refractivity contribution is 0.510. The van der Waals surface area contributed by atoms with E-state index >= 15 is 0 Å². The average molecular weight is 276 g/mol. The molecule has 1 aromatic heterocycles. The van der Waals surface area contributed by atoms with E-state index in [0.717, 1.165) is 12.1 Å². The van der Waals surface area contributed by atoms with E-state index in [4.69, 9.17) is 10.2 Å². The van der Waals surface area contributed by atoms with Crippen molar-refractivity contribution in [3.63, 3.8) is 0 Å². The van der Waals surface area contributed by atoms with Crippen LogP contribution in [0.15, 0.2) is 45.6 Å². The van der Waals surface area contributed by atoms with Gasteiger partial charge in [-0.15, -0.1) is 0 Å². The number of hydrogen-bond donors (Lipinski definition) is 1. The predicted molar refractivity (Wildman–Crippen MR) is 70.3 cm³/mol. The highest BCUT2D eigenvalue weighted by Crippen LogP contribution is 2.18. The second kappa shape index (κ2) is 4.48. The largest absolute Gasteiger partial charge is 0.420 e. The molecule has 0 unspecified atom stereocenters. The zero-order valence-corrected chi connectivity index (χ0v) is 10.3. The first-order chi connectivity index (χ1) is 9.54. The molecule has 0 aliphatic heterocycles. The quantitative estimate of drug-likeness (QED) is 0.731. The monoisotopic (exact) mass is 276 g/mol. The highest BCUT2D eigenvalue weighted by molar-refractivity contribution is 5.77. The first-order valence-corrected chi connectivity index (χ1v) is 5.87. The van der Waals surface area contributed by atoms with Gasteiger partial charge >= 0.3 is 5.76 Å². The average Bonchev–Trinajstić information content (AvgIpc) is 2.69. The van der Waals surface area contributed by atoms with Gasteiger partial charge in [0, 0.05) is 17.3 Å². The molecular formula is C14H10F2N2O2. The van der Waals surface area contributed by atoms with Gasteiger partial charge in [0.05, 0.1) is 12.1 Å². The minimum Gasteiger partial charge on any atom is -0.408 e. The van der Waals surface area contributed by atoms with Crippen molar-refractivity contribution < 1.29 is 13.2 Å². The molecule has 3 aromatic rings. The Hall–Kier alpha value is -2.63. The molecule has 0 radical (unpaired) electrons. The Labute approximate surface area is 112 Å². The lowest BCUT2D eigenvalue weighted by Gasteiger charge is -2.04. The Morgan fingerprint density at radius 1 is 1.15 bits per heavy atom. The van der Waals surface area contributed by atoms with E-state index in [1.54, 1.807) is 18.2 Å². The molecule has 0 aliphatic rings. The number of nitrogen functional groups attached to an aromatic ring is 1. The molecule has 0 amide bonds. The number of halogens is 2. The maximum absolute atomic E-state index is 13.6. The van der Waals surface area contributed by atoms with Crippen LogP contribution in [0.2, 0.25) is 0 Å². The molecule has 3 rings (SSSR count). The third-order valence-electron chi connectivity index (χ3n) is 3.04. The van der Waals surface area contributed by atoms with Crippen molar-refractivity contribution in [3.8, 4) is 0 Å². The van der Waals surface area contributed by atoms with Gasteiger partial charge in [-0.25, -0.2) is 13.6 Å². The van der Waals surface area contributed by atoms with Crippen molar-refractivity contribution in [2.45, 2.75) is 6.54 Å². The lowest BCUT2D eigenvalue weighted by atomic mass is 10.2. The van der Waals surface area contributed by atoms with Crippen LogP contribution in [-0.2, 0) is 6.54 Å². The number of fused-ring (bicyclic) bond motifs is 1. The van der Waals surface area contributed by atoms with Crippen molar-refractivity contribution in [2.24, 2.45) is 0 Å². The number of nitrogens with two attached hydrogens (primary N) is 1. The smallest absolute Gasteiger partial charge is 0.408 e. The topological polar surface area (TPSA) is 61.2 Å². The molecule has 0 aliphatic carbocycles. The molecule has 0 saturated carbocycles. The number of anilines is 1. The number of rotatable bonds is 2. The van der Waals surface area contributed by atoms with Gasteiger partial charge in [0.2, 0.25) is 0 Å². The summed E-state index contributed by atoms with van der Waals surface area (Å²) in [5, 5.41) is 0. The molecular weight excluding hydrogens is 266 g/mol. The third kappa shape index (κ3) is 2.05. The summed E-state index contributed by atoms with van der Waals surface area (Å²) in [4.78, 5) is 11.8. The van der Waals surface area contributed by atoms with Crippen LogP contribution in [0.5, 0.6) is 0 Å². The van der Waals surface area contributed by atoms with Gasteiger partial charge in [0.25, 0.3) is 0 Å². The Balaban J connectivity index is 2.12. The fraction of sp³-hybridized carbons (Fsp3) is 0.0714. The van der Waals surface area contributed by atoms with E-state index in [2.05, 4.69) is 0 Å². The van der Waals surface area contributed by atoms with Crippen LogP contribution in [0, 0.1) is 11.6 Å². The first-order valence-electron chi connectivity index (χ1n) is 5.87. The lowest BCUT2D eigenvalue weighted by Crippen LogP contribution is -2.15. The Morgan fingerprint density at radius 3 is 2.70 bits per heavy atom. The van der Waals surface area contributed by atoms with Crippen molar-refractivity contribution in [3.05, 3.63) is 64.1 Å². The summed E-state index contributed by atoms with van der Waals surface area (Å²) in [6.07, 6.45) is 0. The highest BCUT2D eigenvalue weighted by Gasteiger charge is 2.12. The molecule has 0 fully saturated rings. The summed E-state index contributed by atoms with van der Waals surface area (Å²) >= 11 is 0. The molecule has 6 heteroatoms. The molecule has 2 N–H and O–H groups in total. The van der Waals surface area contributed by atoms with Gasteiger partial charge in [0.15, 0.2) is 5.58 Å². The number of aromatic nitrogens is 1. The van der Waals surface area contributed by atoms with Crippen LogP contribution in [0.1, 0.15) is 5.56 Å². The maximum Gasteiger partial charge on any atom is 0.420 e. The number of nitrogens with zero attached hydrogens (tertiary/aromatic N) is 1. The van der Waals surface area contributed by atoms with Gasteiger partial charge in [-0.3, -0.25) is 4.57 Å². The normalized spacial score (nSPS) is 11.1.